The monoisotopic (exact) mass is 196 g/mol. The zero-order chi connectivity index (χ0) is 9.80. The van der Waals surface area contributed by atoms with Gasteiger partial charge in [0, 0.05) is 0 Å². The normalized spacial score (nSPS) is 35.4. The van der Waals surface area contributed by atoms with Crippen molar-refractivity contribution in [3.8, 4) is 0 Å². The van der Waals surface area contributed by atoms with Gasteiger partial charge in [0.05, 0.1) is 0 Å². The summed E-state index contributed by atoms with van der Waals surface area (Å²) in [6, 6.07) is 0. The highest BCUT2D eigenvalue weighted by atomic mass is 14.9. The zero-order valence-corrected chi connectivity index (χ0v) is 9.39. The summed E-state index contributed by atoms with van der Waals surface area (Å²) in [6.07, 6.45) is 7.37. The molecule has 0 saturated heterocycles. The van der Waals surface area contributed by atoms with Crippen LogP contribution in [0.3, 0.4) is 0 Å². The van der Waals surface area contributed by atoms with Gasteiger partial charge in [-0.05, 0) is 70.1 Å². The Morgan fingerprint density at radius 1 is 1.14 bits per heavy atom. The molecule has 2 aliphatic carbocycles. The summed E-state index contributed by atoms with van der Waals surface area (Å²) in [4.78, 5) is 0. The van der Waals surface area contributed by atoms with Crippen LogP contribution in [0.25, 0.3) is 0 Å². The van der Waals surface area contributed by atoms with Crippen molar-refractivity contribution in [2.24, 2.45) is 17.8 Å². The van der Waals surface area contributed by atoms with E-state index < -0.39 is 0 Å². The Bertz CT molecular complexity index is 170. The molecule has 2 fully saturated rings. The predicted molar refractivity (Wildman–Crippen MR) is 60.4 cm³/mol. The number of fused-ring (bicyclic) bond motifs is 2. The molecule has 82 valence electrons. The maximum atomic E-state index is 3.61. The van der Waals surface area contributed by atoms with Crippen LogP contribution in [0.4, 0.5) is 0 Å². The molecule has 2 rings (SSSR count). The Morgan fingerprint density at radius 3 is 2.71 bits per heavy atom. The lowest BCUT2D eigenvalue weighted by molar-refractivity contribution is 0.319. The third-order valence-corrected chi connectivity index (χ3v) is 4.07. The summed E-state index contributed by atoms with van der Waals surface area (Å²) in [6.45, 7) is 3.61. The Morgan fingerprint density at radius 2 is 2.07 bits per heavy atom. The van der Waals surface area contributed by atoms with Crippen LogP contribution in [0.5, 0.6) is 0 Å². The third kappa shape index (κ3) is 2.48. The van der Waals surface area contributed by atoms with Gasteiger partial charge in [-0.1, -0.05) is 6.42 Å². The molecule has 0 heterocycles. The molecular weight excluding hydrogens is 172 g/mol. The van der Waals surface area contributed by atoms with Gasteiger partial charge in [0.1, 0.15) is 0 Å². The molecule has 0 aromatic carbocycles. The average Bonchev–Trinajstić information content (AvgIpc) is 2.79. The Balaban J connectivity index is 1.54. The van der Waals surface area contributed by atoms with E-state index in [-0.39, 0.29) is 0 Å². The second kappa shape index (κ2) is 5.13. The van der Waals surface area contributed by atoms with Gasteiger partial charge < -0.3 is 10.6 Å². The first-order valence-corrected chi connectivity index (χ1v) is 6.25. The van der Waals surface area contributed by atoms with Gasteiger partial charge in [0.15, 0.2) is 0 Å². The maximum Gasteiger partial charge on any atom is -0.00178 e. The fraction of sp³-hybridized carbons (Fsp3) is 1.00. The van der Waals surface area contributed by atoms with E-state index in [2.05, 4.69) is 10.6 Å². The van der Waals surface area contributed by atoms with Gasteiger partial charge in [-0.15, -0.1) is 0 Å². The summed E-state index contributed by atoms with van der Waals surface area (Å²) in [5.41, 5.74) is 0. The average molecular weight is 196 g/mol. The Hall–Kier alpha value is -0.0800. The summed E-state index contributed by atoms with van der Waals surface area (Å²) in [5, 5.41) is 6.79. The largest absolute Gasteiger partial charge is 0.320 e. The molecule has 3 unspecified atom stereocenters. The second-order valence-electron chi connectivity index (χ2n) is 5.10. The van der Waals surface area contributed by atoms with Crippen molar-refractivity contribution in [2.45, 2.75) is 32.1 Å². The van der Waals surface area contributed by atoms with Gasteiger partial charge in [-0.25, -0.2) is 0 Å². The number of hydrogen-bond donors (Lipinski definition) is 2. The molecule has 2 nitrogen and oxygen atoms in total. The SMILES string of the molecule is CNCCCNCC1CC2CCC1C2. The molecule has 14 heavy (non-hydrogen) atoms. The van der Waals surface area contributed by atoms with E-state index in [1.165, 1.54) is 38.8 Å². The Labute approximate surface area is 87.8 Å². The molecule has 2 heteroatoms. The first-order valence-electron chi connectivity index (χ1n) is 6.25. The number of nitrogens with one attached hydrogen (secondary N) is 2. The van der Waals surface area contributed by atoms with Crippen LogP contribution in [-0.4, -0.2) is 26.7 Å². The molecule has 2 aliphatic rings. The number of hydrogen-bond acceptors (Lipinski definition) is 2. The van der Waals surface area contributed by atoms with Crippen LogP contribution in [0.15, 0.2) is 0 Å². The lowest BCUT2D eigenvalue weighted by Crippen LogP contribution is -2.28. The van der Waals surface area contributed by atoms with Crippen molar-refractivity contribution in [1.29, 1.82) is 0 Å². The summed E-state index contributed by atoms with van der Waals surface area (Å²) >= 11 is 0. The summed E-state index contributed by atoms with van der Waals surface area (Å²) < 4.78 is 0. The fourth-order valence-electron chi connectivity index (χ4n) is 3.30. The first kappa shape index (κ1) is 10.4. The number of rotatable bonds is 6. The first-order chi connectivity index (χ1) is 6.90. The molecule has 2 bridgehead atoms. The molecule has 0 amide bonds. The standard InChI is InChI=1S/C12H24N2/c1-13-5-2-6-14-9-12-8-10-3-4-11(12)7-10/h10-14H,2-9H2,1H3. The van der Waals surface area contributed by atoms with Gasteiger partial charge >= 0.3 is 0 Å². The molecule has 3 atom stereocenters. The minimum atomic E-state index is 1.02. The highest BCUT2D eigenvalue weighted by Gasteiger charge is 2.38. The summed E-state index contributed by atoms with van der Waals surface area (Å²) in [7, 11) is 2.02. The van der Waals surface area contributed by atoms with Gasteiger partial charge in [-0.2, -0.15) is 0 Å². The van der Waals surface area contributed by atoms with E-state index in [0.29, 0.717) is 0 Å². The van der Waals surface area contributed by atoms with Gasteiger partial charge in [0.25, 0.3) is 0 Å². The quantitative estimate of drug-likeness (QED) is 0.631. The molecule has 0 spiro atoms. The van der Waals surface area contributed by atoms with E-state index in [9.17, 15) is 0 Å². The van der Waals surface area contributed by atoms with Gasteiger partial charge in [0.2, 0.25) is 0 Å². The van der Waals surface area contributed by atoms with Crippen LogP contribution in [0.2, 0.25) is 0 Å². The van der Waals surface area contributed by atoms with E-state index in [1.54, 1.807) is 6.42 Å². The van der Waals surface area contributed by atoms with Crippen molar-refractivity contribution in [3.63, 3.8) is 0 Å². The second-order valence-corrected chi connectivity index (χ2v) is 5.10. The lowest BCUT2D eigenvalue weighted by Gasteiger charge is -2.21. The molecule has 0 aliphatic heterocycles. The van der Waals surface area contributed by atoms with Crippen LogP contribution in [0.1, 0.15) is 32.1 Å². The van der Waals surface area contributed by atoms with E-state index >= 15 is 0 Å². The topological polar surface area (TPSA) is 24.1 Å². The van der Waals surface area contributed by atoms with Crippen molar-refractivity contribution in [2.75, 3.05) is 26.7 Å². The molecule has 0 aromatic rings. The van der Waals surface area contributed by atoms with Crippen molar-refractivity contribution < 1.29 is 0 Å². The molecule has 0 radical (unpaired) electrons. The van der Waals surface area contributed by atoms with Crippen LogP contribution in [-0.2, 0) is 0 Å². The van der Waals surface area contributed by atoms with E-state index in [0.717, 1.165) is 24.3 Å². The zero-order valence-electron chi connectivity index (χ0n) is 9.39. The smallest absolute Gasteiger partial charge is 0.00178 e. The molecule has 2 saturated carbocycles. The lowest BCUT2D eigenvalue weighted by atomic mass is 9.89. The van der Waals surface area contributed by atoms with Crippen LogP contribution in [0, 0.1) is 17.8 Å². The Kier molecular flexibility index (Phi) is 3.82. The highest BCUT2D eigenvalue weighted by Crippen LogP contribution is 2.47. The third-order valence-electron chi connectivity index (χ3n) is 4.07. The van der Waals surface area contributed by atoms with Crippen molar-refractivity contribution >= 4 is 0 Å². The van der Waals surface area contributed by atoms with E-state index in [4.69, 9.17) is 0 Å². The van der Waals surface area contributed by atoms with Crippen LogP contribution < -0.4 is 10.6 Å². The van der Waals surface area contributed by atoms with Crippen molar-refractivity contribution in [3.05, 3.63) is 0 Å². The summed E-state index contributed by atoms with van der Waals surface area (Å²) in [5.74, 6) is 3.20. The molecule has 0 aromatic heterocycles. The van der Waals surface area contributed by atoms with Crippen LogP contribution >= 0.6 is 0 Å². The molecular formula is C12H24N2. The maximum absolute atomic E-state index is 3.61. The van der Waals surface area contributed by atoms with E-state index in [1.807, 2.05) is 7.05 Å². The fourth-order valence-corrected chi connectivity index (χ4v) is 3.30. The minimum Gasteiger partial charge on any atom is -0.320 e. The minimum absolute atomic E-state index is 1.02. The van der Waals surface area contributed by atoms with Gasteiger partial charge in [-0.3, -0.25) is 0 Å². The highest BCUT2D eigenvalue weighted by molar-refractivity contribution is 4.90. The molecule has 2 N–H and O–H groups in total. The van der Waals surface area contributed by atoms with Crippen molar-refractivity contribution in [1.82, 2.24) is 10.6 Å². The predicted octanol–water partition coefficient (Wildman–Crippen LogP) is 1.62.